The third-order valence-electron chi connectivity index (χ3n) is 2.03. The van der Waals surface area contributed by atoms with Crippen LogP contribution in [-0.4, -0.2) is 22.1 Å². The smallest absolute Gasteiger partial charge is 0.118 e. The first-order valence-electron chi connectivity index (χ1n) is 4.09. The van der Waals surface area contributed by atoms with Crippen molar-refractivity contribution in [2.45, 2.75) is 6.61 Å². The van der Waals surface area contributed by atoms with Gasteiger partial charge in [-0.2, -0.15) is 0 Å². The zero-order chi connectivity index (χ0) is 9.26. The number of ether oxygens (including phenoxy) is 1. The molecule has 0 N–H and O–H groups in total. The van der Waals surface area contributed by atoms with Crippen LogP contribution in [0, 0.1) is 0 Å². The van der Waals surface area contributed by atoms with Crippen molar-refractivity contribution in [3.8, 4) is 0 Å². The number of hydrogen-bond donors (Lipinski definition) is 0. The molecule has 0 fully saturated rings. The minimum absolute atomic E-state index is 0.579. The summed E-state index contributed by atoms with van der Waals surface area (Å²) >= 11 is 0. The minimum Gasteiger partial charge on any atom is -0.380 e. The van der Waals surface area contributed by atoms with Gasteiger partial charge in [-0.05, 0) is 6.07 Å². The average Bonchev–Trinajstić information content (AvgIpc) is 2.50. The van der Waals surface area contributed by atoms with E-state index in [4.69, 9.17) is 4.74 Å². The number of fused-ring (bicyclic) bond motifs is 1. The Morgan fingerprint density at radius 1 is 1.46 bits per heavy atom. The average molecular weight is 177 g/mol. The molecule has 4 heteroatoms. The summed E-state index contributed by atoms with van der Waals surface area (Å²) in [5.74, 6) is 0. The molecule has 4 nitrogen and oxygen atoms in total. The molecule has 13 heavy (non-hydrogen) atoms. The van der Waals surface area contributed by atoms with Crippen LogP contribution in [0.1, 0.15) is 5.56 Å². The molecule has 0 spiro atoms. The quantitative estimate of drug-likeness (QED) is 0.690. The van der Waals surface area contributed by atoms with E-state index < -0.39 is 0 Å². The number of hydrogen-bond acceptors (Lipinski definition) is 3. The molecule has 0 aliphatic carbocycles. The lowest BCUT2D eigenvalue weighted by molar-refractivity contribution is 0.186. The van der Waals surface area contributed by atoms with Crippen molar-refractivity contribution in [1.82, 2.24) is 15.0 Å². The Morgan fingerprint density at radius 3 is 3.08 bits per heavy atom. The summed E-state index contributed by atoms with van der Waals surface area (Å²) in [5, 5.41) is 8.02. The molecule has 2 rings (SSSR count). The number of rotatable bonds is 2. The van der Waals surface area contributed by atoms with Crippen LogP contribution in [0.5, 0.6) is 0 Å². The Kier molecular flexibility index (Phi) is 1.98. The zero-order valence-corrected chi connectivity index (χ0v) is 7.69. The maximum atomic E-state index is 5.07. The van der Waals surface area contributed by atoms with Gasteiger partial charge in [0, 0.05) is 19.7 Å². The second-order valence-corrected chi connectivity index (χ2v) is 2.93. The van der Waals surface area contributed by atoms with Crippen molar-refractivity contribution >= 4 is 11.0 Å². The Labute approximate surface area is 76.1 Å². The van der Waals surface area contributed by atoms with Crippen LogP contribution in [0.25, 0.3) is 11.0 Å². The van der Waals surface area contributed by atoms with Crippen molar-refractivity contribution in [3.63, 3.8) is 0 Å². The molecule has 1 aromatic heterocycles. The third-order valence-corrected chi connectivity index (χ3v) is 2.03. The van der Waals surface area contributed by atoms with E-state index in [1.165, 1.54) is 0 Å². The van der Waals surface area contributed by atoms with Crippen LogP contribution in [-0.2, 0) is 18.4 Å². The largest absolute Gasteiger partial charge is 0.380 e. The number of aromatic nitrogens is 3. The van der Waals surface area contributed by atoms with Crippen LogP contribution < -0.4 is 0 Å². The van der Waals surface area contributed by atoms with Gasteiger partial charge in [0.15, 0.2) is 0 Å². The number of aryl methyl sites for hydroxylation is 1. The van der Waals surface area contributed by atoms with Gasteiger partial charge in [0.25, 0.3) is 0 Å². The van der Waals surface area contributed by atoms with E-state index in [9.17, 15) is 0 Å². The predicted molar refractivity (Wildman–Crippen MR) is 49.2 cm³/mol. The first-order valence-corrected chi connectivity index (χ1v) is 4.09. The van der Waals surface area contributed by atoms with Crippen LogP contribution in [0.4, 0.5) is 0 Å². The summed E-state index contributed by atoms with van der Waals surface area (Å²) in [7, 11) is 3.56. The molecular formula is C9H11N3O. The summed E-state index contributed by atoms with van der Waals surface area (Å²) in [5.41, 5.74) is 3.04. The molecule has 0 saturated carbocycles. The van der Waals surface area contributed by atoms with E-state index >= 15 is 0 Å². The first-order chi connectivity index (χ1) is 6.33. The fraction of sp³-hybridized carbons (Fsp3) is 0.333. The Morgan fingerprint density at radius 2 is 2.31 bits per heavy atom. The summed E-state index contributed by atoms with van der Waals surface area (Å²) in [6, 6.07) is 5.98. The van der Waals surface area contributed by atoms with Gasteiger partial charge in [-0.3, -0.25) is 0 Å². The van der Waals surface area contributed by atoms with Crippen LogP contribution >= 0.6 is 0 Å². The van der Waals surface area contributed by atoms with Crippen molar-refractivity contribution < 1.29 is 4.74 Å². The number of benzene rings is 1. The number of nitrogens with zero attached hydrogens (tertiary/aromatic N) is 3. The van der Waals surface area contributed by atoms with Gasteiger partial charge in [0.1, 0.15) is 5.52 Å². The highest BCUT2D eigenvalue weighted by atomic mass is 16.5. The predicted octanol–water partition coefficient (Wildman–Crippen LogP) is 1.11. The van der Waals surface area contributed by atoms with Crippen LogP contribution in [0.2, 0.25) is 0 Å². The third kappa shape index (κ3) is 1.29. The maximum absolute atomic E-state index is 5.07. The van der Waals surface area contributed by atoms with E-state index in [1.54, 1.807) is 11.8 Å². The molecule has 0 atom stereocenters. The van der Waals surface area contributed by atoms with E-state index in [0.717, 1.165) is 16.6 Å². The van der Waals surface area contributed by atoms with Crippen molar-refractivity contribution in [1.29, 1.82) is 0 Å². The molecule has 0 saturated heterocycles. The summed E-state index contributed by atoms with van der Waals surface area (Å²) in [6.07, 6.45) is 0. The summed E-state index contributed by atoms with van der Waals surface area (Å²) in [6.45, 7) is 0.579. The Balaban J connectivity index is 2.63. The lowest BCUT2D eigenvalue weighted by atomic mass is 10.2. The topological polar surface area (TPSA) is 39.9 Å². The molecule has 0 aliphatic rings. The molecule has 0 bridgehead atoms. The molecule has 0 unspecified atom stereocenters. The van der Waals surface area contributed by atoms with Gasteiger partial charge in [-0.25, -0.2) is 4.68 Å². The molecule has 2 aromatic rings. The maximum Gasteiger partial charge on any atom is 0.118 e. The minimum atomic E-state index is 0.579. The van der Waals surface area contributed by atoms with Gasteiger partial charge in [-0.15, -0.1) is 5.10 Å². The monoisotopic (exact) mass is 177 g/mol. The fourth-order valence-electron chi connectivity index (χ4n) is 1.39. The van der Waals surface area contributed by atoms with Gasteiger partial charge in [-0.1, -0.05) is 17.3 Å². The number of methoxy groups -OCH3 is 1. The molecule has 68 valence electrons. The molecule has 0 amide bonds. The van der Waals surface area contributed by atoms with E-state index in [2.05, 4.69) is 10.3 Å². The van der Waals surface area contributed by atoms with E-state index in [0.29, 0.717) is 6.61 Å². The fourth-order valence-corrected chi connectivity index (χ4v) is 1.39. The Hall–Kier alpha value is -1.42. The molecule has 1 heterocycles. The van der Waals surface area contributed by atoms with Gasteiger partial charge in [0.2, 0.25) is 0 Å². The van der Waals surface area contributed by atoms with Gasteiger partial charge in [0.05, 0.1) is 12.1 Å². The normalized spacial score (nSPS) is 10.9. The van der Waals surface area contributed by atoms with Gasteiger partial charge < -0.3 is 4.74 Å². The van der Waals surface area contributed by atoms with Gasteiger partial charge >= 0.3 is 0 Å². The Bertz CT molecular complexity index is 422. The van der Waals surface area contributed by atoms with Crippen LogP contribution in [0.15, 0.2) is 18.2 Å². The van der Waals surface area contributed by atoms with Crippen molar-refractivity contribution in [2.24, 2.45) is 7.05 Å². The first kappa shape index (κ1) is 8.19. The van der Waals surface area contributed by atoms with Crippen molar-refractivity contribution in [2.75, 3.05) is 7.11 Å². The highest BCUT2D eigenvalue weighted by Gasteiger charge is 2.05. The molecule has 0 aliphatic heterocycles. The molecule has 0 radical (unpaired) electrons. The highest BCUT2D eigenvalue weighted by molar-refractivity contribution is 5.77. The van der Waals surface area contributed by atoms with E-state index in [1.807, 2.05) is 25.2 Å². The second-order valence-electron chi connectivity index (χ2n) is 2.93. The molecule has 1 aromatic carbocycles. The molecular weight excluding hydrogens is 166 g/mol. The summed E-state index contributed by atoms with van der Waals surface area (Å²) in [4.78, 5) is 0. The second kappa shape index (κ2) is 3.14. The van der Waals surface area contributed by atoms with E-state index in [-0.39, 0.29) is 0 Å². The van der Waals surface area contributed by atoms with Crippen LogP contribution in [0.3, 0.4) is 0 Å². The van der Waals surface area contributed by atoms with Crippen molar-refractivity contribution in [3.05, 3.63) is 23.8 Å². The SMILES string of the molecule is COCc1cccc2c1nnn2C. The zero-order valence-electron chi connectivity index (χ0n) is 7.69. The lowest BCUT2D eigenvalue weighted by Gasteiger charge is -1.99. The lowest BCUT2D eigenvalue weighted by Crippen LogP contribution is -1.90. The summed E-state index contributed by atoms with van der Waals surface area (Å²) < 4.78 is 6.83. The standard InChI is InChI=1S/C9H11N3O/c1-12-8-5-3-4-7(6-13-2)9(8)10-11-12/h3-5H,6H2,1-2H3. The highest BCUT2D eigenvalue weighted by Crippen LogP contribution is 2.15.